The van der Waals surface area contributed by atoms with Crippen molar-refractivity contribution in [2.75, 3.05) is 0 Å². The molecule has 3 rings (SSSR count). The van der Waals surface area contributed by atoms with E-state index >= 15 is 0 Å². The predicted octanol–water partition coefficient (Wildman–Crippen LogP) is 4.61. The molecule has 0 saturated heterocycles. The number of hydrogen-bond acceptors (Lipinski definition) is 1. The summed E-state index contributed by atoms with van der Waals surface area (Å²) in [4.78, 5) is 4.98. The van der Waals surface area contributed by atoms with Gasteiger partial charge in [0.25, 0.3) is 0 Å². The molecule has 0 amide bonds. The van der Waals surface area contributed by atoms with Crippen LogP contribution in [0.3, 0.4) is 0 Å². The van der Waals surface area contributed by atoms with Crippen LogP contribution >= 0.6 is 0 Å². The fraction of sp³-hybridized carbons (Fsp3) is 0.562. The van der Waals surface area contributed by atoms with Crippen molar-refractivity contribution in [1.29, 1.82) is 0 Å². The van der Waals surface area contributed by atoms with Crippen molar-refractivity contribution >= 4 is 11.4 Å². The lowest BCUT2D eigenvalue weighted by Crippen LogP contribution is -2.35. The van der Waals surface area contributed by atoms with Gasteiger partial charge in [-0.05, 0) is 37.3 Å². The van der Waals surface area contributed by atoms with Crippen LogP contribution in [-0.4, -0.2) is 5.71 Å². The summed E-state index contributed by atoms with van der Waals surface area (Å²) in [5.74, 6) is 0.843. The molecule has 2 bridgehead atoms. The lowest BCUT2D eigenvalue weighted by molar-refractivity contribution is 0.333. The second-order valence-electron chi connectivity index (χ2n) is 6.52. The van der Waals surface area contributed by atoms with Gasteiger partial charge in [-0.3, -0.25) is 4.99 Å². The molecular formula is C16H21N. The van der Waals surface area contributed by atoms with Crippen molar-refractivity contribution in [3.8, 4) is 0 Å². The van der Waals surface area contributed by atoms with Crippen LogP contribution in [0.25, 0.3) is 0 Å². The maximum absolute atomic E-state index is 4.98. The molecule has 2 unspecified atom stereocenters. The number of nitrogens with zero attached hydrogens (tertiary/aromatic N) is 1. The first-order chi connectivity index (χ1) is 8.02. The summed E-state index contributed by atoms with van der Waals surface area (Å²) >= 11 is 0. The second-order valence-corrected chi connectivity index (χ2v) is 6.52. The van der Waals surface area contributed by atoms with Crippen LogP contribution in [-0.2, 0) is 0 Å². The molecule has 0 heterocycles. The highest BCUT2D eigenvalue weighted by Gasteiger charge is 2.56. The van der Waals surface area contributed by atoms with Crippen LogP contribution < -0.4 is 0 Å². The number of rotatable bonds is 1. The Morgan fingerprint density at radius 3 is 2.41 bits per heavy atom. The maximum atomic E-state index is 4.98. The zero-order valence-electron chi connectivity index (χ0n) is 11.0. The monoisotopic (exact) mass is 227 g/mol. The Hall–Kier alpha value is -1.11. The van der Waals surface area contributed by atoms with E-state index in [-0.39, 0.29) is 0 Å². The average Bonchev–Trinajstić information content (AvgIpc) is 2.77. The van der Waals surface area contributed by atoms with Crippen molar-refractivity contribution in [3.63, 3.8) is 0 Å². The molecule has 0 aromatic heterocycles. The van der Waals surface area contributed by atoms with E-state index in [1.54, 1.807) is 0 Å². The summed E-state index contributed by atoms with van der Waals surface area (Å²) in [6.45, 7) is 7.16. The number of para-hydroxylation sites is 1. The quantitative estimate of drug-likeness (QED) is 0.664. The SMILES string of the molecule is CC12CCC(C1)C(C)(C)C2=Nc1ccccc1. The van der Waals surface area contributed by atoms with Crippen LogP contribution in [0.1, 0.15) is 40.0 Å². The Labute approximate surface area is 104 Å². The Morgan fingerprint density at radius 1 is 1.12 bits per heavy atom. The van der Waals surface area contributed by atoms with Gasteiger partial charge in [-0.2, -0.15) is 0 Å². The summed E-state index contributed by atoms with van der Waals surface area (Å²) in [6.07, 6.45) is 4.05. The number of aliphatic imine (C=N–C) groups is 1. The maximum Gasteiger partial charge on any atom is 0.0629 e. The first kappa shape index (κ1) is 11.0. The van der Waals surface area contributed by atoms with Gasteiger partial charge in [0.05, 0.1) is 5.69 Å². The van der Waals surface area contributed by atoms with E-state index in [4.69, 9.17) is 4.99 Å². The largest absolute Gasteiger partial charge is 0.257 e. The molecule has 1 heteroatoms. The van der Waals surface area contributed by atoms with Crippen molar-refractivity contribution in [2.45, 2.75) is 40.0 Å². The third-order valence-electron chi connectivity index (χ3n) is 4.94. The van der Waals surface area contributed by atoms with Crippen LogP contribution in [0.5, 0.6) is 0 Å². The summed E-state index contributed by atoms with van der Waals surface area (Å²) in [6, 6.07) is 10.4. The molecule has 2 aliphatic carbocycles. The molecule has 1 nitrogen and oxygen atoms in total. The molecule has 1 aromatic carbocycles. The van der Waals surface area contributed by atoms with Gasteiger partial charge in [-0.15, -0.1) is 0 Å². The smallest absolute Gasteiger partial charge is 0.0629 e. The van der Waals surface area contributed by atoms with Crippen molar-refractivity contribution in [2.24, 2.45) is 21.7 Å². The van der Waals surface area contributed by atoms with E-state index in [0.717, 1.165) is 11.6 Å². The first-order valence-corrected chi connectivity index (χ1v) is 6.67. The van der Waals surface area contributed by atoms with Crippen molar-refractivity contribution < 1.29 is 0 Å². The van der Waals surface area contributed by atoms with E-state index in [1.807, 2.05) is 0 Å². The number of hydrogen-bond donors (Lipinski definition) is 0. The van der Waals surface area contributed by atoms with E-state index in [0.29, 0.717) is 10.8 Å². The van der Waals surface area contributed by atoms with Gasteiger partial charge >= 0.3 is 0 Å². The summed E-state index contributed by atoms with van der Waals surface area (Å²) < 4.78 is 0. The van der Waals surface area contributed by atoms with Crippen LogP contribution in [0.15, 0.2) is 35.3 Å². The fourth-order valence-corrected chi connectivity index (χ4v) is 3.95. The summed E-state index contributed by atoms with van der Waals surface area (Å²) in [5, 5.41) is 0. The molecule has 2 fully saturated rings. The molecule has 0 radical (unpaired) electrons. The molecule has 2 atom stereocenters. The van der Waals surface area contributed by atoms with E-state index < -0.39 is 0 Å². The molecule has 90 valence electrons. The molecule has 0 spiro atoms. The van der Waals surface area contributed by atoms with Crippen LogP contribution in [0.2, 0.25) is 0 Å². The van der Waals surface area contributed by atoms with Gasteiger partial charge in [0, 0.05) is 16.5 Å². The van der Waals surface area contributed by atoms with E-state index in [1.165, 1.54) is 25.0 Å². The van der Waals surface area contributed by atoms with E-state index in [2.05, 4.69) is 51.1 Å². The zero-order chi connectivity index (χ0) is 12.1. The third-order valence-corrected chi connectivity index (χ3v) is 4.94. The van der Waals surface area contributed by atoms with Gasteiger partial charge < -0.3 is 0 Å². The average molecular weight is 227 g/mol. The Morgan fingerprint density at radius 2 is 1.82 bits per heavy atom. The topological polar surface area (TPSA) is 12.4 Å². The van der Waals surface area contributed by atoms with E-state index in [9.17, 15) is 0 Å². The number of benzene rings is 1. The highest BCUT2D eigenvalue weighted by molar-refractivity contribution is 5.99. The van der Waals surface area contributed by atoms with Gasteiger partial charge in [-0.1, -0.05) is 39.0 Å². The third kappa shape index (κ3) is 1.55. The Kier molecular flexibility index (Phi) is 2.23. The van der Waals surface area contributed by atoms with Gasteiger partial charge in [0.1, 0.15) is 0 Å². The minimum absolute atomic E-state index is 0.294. The highest BCUT2D eigenvalue weighted by atomic mass is 14.8. The fourth-order valence-electron chi connectivity index (χ4n) is 3.95. The Bertz CT molecular complexity index is 451. The minimum atomic E-state index is 0.294. The molecule has 17 heavy (non-hydrogen) atoms. The molecule has 0 N–H and O–H groups in total. The van der Waals surface area contributed by atoms with Gasteiger partial charge in [-0.25, -0.2) is 0 Å². The van der Waals surface area contributed by atoms with Gasteiger partial charge in [0.15, 0.2) is 0 Å². The van der Waals surface area contributed by atoms with Crippen LogP contribution in [0.4, 0.5) is 5.69 Å². The van der Waals surface area contributed by atoms with Gasteiger partial charge in [0.2, 0.25) is 0 Å². The lowest BCUT2D eigenvalue weighted by atomic mass is 9.71. The molecule has 1 aromatic rings. The zero-order valence-corrected chi connectivity index (χ0v) is 11.0. The first-order valence-electron chi connectivity index (χ1n) is 6.67. The minimum Gasteiger partial charge on any atom is -0.257 e. The number of fused-ring (bicyclic) bond motifs is 2. The second kappa shape index (κ2) is 3.44. The Balaban J connectivity index is 2.05. The predicted molar refractivity (Wildman–Crippen MR) is 72.8 cm³/mol. The lowest BCUT2D eigenvalue weighted by Gasteiger charge is -2.35. The summed E-state index contributed by atoms with van der Waals surface area (Å²) in [7, 11) is 0. The van der Waals surface area contributed by atoms with Crippen molar-refractivity contribution in [3.05, 3.63) is 30.3 Å². The molecule has 2 saturated carbocycles. The molecule has 2 aliphatic rings. The van der Waals surface area contributed by atoms with Crippen LogP contribution in [0, 0.1) is 16.7 Å². The highest BCUT2D eigenvalue weighted by Crippen LogP contribution is 2.60. The van der Waals surface area contributed by atoms with Crippen molar-refractivity contribution in [1.82, 2.24) is 0 Å². The molecular weight excluding hydrogens is 206 g/mol. The normalized spacial score (nSPS) is 36.6. The summed E-state index contributed by atoms with van der Waals surface area (Å²) in [5.41, 5.74) is 3.21. The standard InChI is InChI=1S/C16H21N/c1-15(2)12-9-10-16(3,11-12)14(15)17-13-7-5-4-6-8-13/h4-8,12H,9-11H2,1-3H3. The molecule has 0 aliphatic heterocycles.